The second kappa shape index (κ2) is 7.47. The van der Waals surface area contributed by atoms with Crippen molar-refractivity contribution in [1.29, 1.82) is 0 Å². The summed E-state index contributed by atoms with van der Waals surface area (Å²) < 4.78 is 11.8. The summed E-state index contributed by atoms with van der Waals surface area (Å²) in [6.07, 6.45) is 6.23. The maximum Gasteiger partial charge on any atom is 0.340 e. The summed E-state index contributed by atoms with van der Waals surface area (Å²) in [5.74, 6) is 0.271. The number of rotatable bonds is 5. The van der Waals surface area contributed by atoms with Crippen LogP contribution in [0.15, 0.2) is 30.6 Å². The van der Waals surface area contributed by atoms with E-state index in [1.165, 1.54) is 0 Å². The summed E-state index contributed by atoms with van der Waals surface area (Å²) in [5.41, 5.74) is 9.15. The molecule has 3 aromatic heterocycles. The van der Waals surface area contributed by atoms with E-state index in [0.29, 0.717) is 17.9 Å². The van der Waals surface area contributed by atoms with Gasteiger partial charge in [-0.05, 0) is 76.6 Å². The van der Waals surface area contributed by atoms with Gasteiger partial charge in [0.2, 0.25) is 5.88 Å². The molecule has 0 unspecified atom stereocenters. The lowest BCUT2D eigenvalue weighted by atomic mass is 9.84. The number of esters is 1. The van der Waals surface area contributed by atoms with Gasteiger partial charge in [0, 0.05) is 41.7 Å². The molecule has 1 atom stereocenters. The topological polar surface area (TPSA) is 100 Å². The van der Waals surface area contributed by atoms with Crippen molar-refractivity contribution in [3.8, 4) is 5.88 Å². The maximum absolute atomic E-state index is 12.4. The third kappa shape index (κ3) is 4.02. The van der Waals surface area contributed by atoms with Gasteiger partial charge < -0.3 is 15.2 Å². The molecule has 1 saturated carbocycles. The molecule has 5 rings (SSSR count). The van der Waals surface area contributed by atoms with Crippen LogP contribution < -0.4 is 10.5 Å². The molecule has 4 heterocycles. The highest BCUT2D eigenvalue weighted by Crippen LogP contribution is 2.42. The molecule has 7 heteroatoms. The SMILES string of the molecule is C[C@@H]1c2nc(Cc3cc4c(C(C)(C)N)cnc(OC5(C)CC5)c4cn3)ccc2C(=O)OC1(C)C. The highest BCUT2D eigenvalue weighted by atomic mass is 16.6. The fourth-order valence-electron chi connectivity index (χ4n) is 4.37. The fraction of sp³-hybridized carbons (Fsp3) is 0.481. The van der Waals surface area contributed by atoms with Gasteiger partial charge in [-0.2, -0.15) is 0 Å². The van der Waals surface area contributed by atoms with Gasteiger partial charge in [-0.1, -0.05) is 6.92 Å². The largest absolute Gasteiger partial charge is 0.471 e. The van der Waals surface area contributed by atoms with Crippen LogP contribution in [0.2, 0.25) is 0 Å². The molecule has 1 aliphatic carbocycles. The Labute approximate surface area is 200 Å². The van der Waals surface area contributed by atoms with Crippen LogP contribution in [0.1, 0.15) is 93.3 Å². The minimum absolute atomic E-state index is 0.0103. The standard InChI is InChI=1S/C27H32N4O3/c1-15-22-18(24(32)34-26(15,4)5)8-7-16(31-22)11-17-12-19-20(13-29-17)23(33-27(6)9-10-27)30-14-21(19)25(2,3)28/h7-8,12-15H,9-11,28H2,1-6H3/t15-/m1/s1. The van der Waals surface area contributed by atoms with Gasteiger partial charge in [0.1, 0.15) is 11.2 Å². The minimum atomic E-state index is -0.597. The van der Waals surface area contributed by atoms with Crippen molar-refractivity contribution >= 4 is 16.7 Å². The first-order chi connectivity index (χ1) is 15.9. The van der Waals surface area contributed by atoms with E-state index in [-0.39, 0.29) is 17.5 Å². The minimum Gasteiger partial charge on any atom is -0.471 e. The van der Waals surface area contributed by atoms with Crippen LogP contribution in [0.4, 0.5) is 0 Å². The van der Waals surface area contributed by atoms with E-state index in [2.05, 4.69) is 18.0 Å². The van der Waals surface area contributed by atoms with Crippen LogP contribution in [0.5, 0.6) is 5.88 Å². The van der Waals surface area contributed by atoms with Gasteiger partial charge in [0.25, 0.3) is 0 Å². The smallest absolute Gasteiger partial charge is 0.340 e. The first-order valence-corrected chi connectivity index (χ1v) is 11.9. The molecule has 0 radical (unpaired) electrons. The number of fused-ring (bicyclic) bond motifs is 2. The Balaban J connectivity index is 1.54. The Kier molecular flexibility index (Phi) is 4.99. The van der Waals surface area contributed by atoms with Crippen LogP contribution >= 0.6 is 0 Å². The summed E-state index contributed by atoms with van der Waals surface area (Å²) >= 11 is 0. The molecule has 1 aliphatic heterocycles. The van der Waals surface area contributed by atoms with E-state index in [1.807, 2.05) is 59.1 Å². The van der Waals surface area contributed by atoms with E-state index >= 15 is 0 Å². The number of aromatic nitrogens is 3. The molecule has 0 aromatic carbocycles. The summed E-state index contributed by atoms with van der Waals surface area (Å²) in [6.45, 7) is 11.9. The summed E-state index contributed by atoms with van der Waals surface area (Å²) in [6, 6.07) is 5.75. The van der Waals surface area contributed by atoms with Crippen LogP contribution in [0, 0.1) is 0 Å². The third-order valence-electron chi connectivity index (χ3n) is 7.16. The number of nitrogens with two attached hydrogens (primary N) is 1. The molecule has 1 fully saturated rings. The second-order valence-corrected chi connectivity index (χ2v) is 11.1. The number of nitrogens with zero attached hydrogens (tertiary/aromatic N) is 3. The predicted octanol–water partition coefficient (Wildman–Crippen LogP) is 4.79. The molecule has 0 amide bonds. The van der Waals surface area contributed by atoms with Crippen molar-refractivity contribution in [3.05, 3.63) is 58.8 Å². The van der Waals surface area contributed by atoms with Crippen molar-refractivity contribution in [2.45, 2.75) is 83.5 Å². The summed E-state index contributed by atoms with van der Waals surface area (Å²) in [4.78, 5) is 26.6. The van der Waals surface area contributed by atoms with E-state index < -0.39 is 11.1 Å². The first kappa shape index (κ1) is 22.7. The Morgan fingerprint density at radius 3 is 2.53 bits per heavy atom. The van der Waals surface area contributed by atoms with Gasteiger partial charge in [-0.25, -0.2) is 9.78 Å². The Morgan fingerprint density at radius 2 is 1.85 bits per heavy atom. The predicted molar refractivity (Wildman–Crippen MR) is 130 cm³/mol. The monoisotopic (exact) mass is 460 g/mol. The van der Waals surface area contributed by atoms with E-state index in [0.717, 1.165) is 46.3 Å². The lowest BCUT2D eigenvalue weighted by Crippen LogP contribution is -2.39. The number of hydrogen-bond donors (Lipinski definition) is 1. The lowest BCUT2D eigenvalue weighted by molar-refractivity contribution is -0.0190. The first-order valence-electron chi connectivity index (χ1n) is 11.9. The summed E-state index contributed by atoms with van der Waals surface area (Å²) in [5, 5.41) is 1.85. The van der Waals surface area contributed by atoms with Gasteiger partial charge in [0.05, 0.1) is 16.6 Å². The van der Waals surface area contributed by atoms with E-state index in [4.69, 9.17) is 25.2 Å². The van der Waals surface area contributed by atoms with Crippen molar-refractivity contribution in [1.82, 2.24) is 15.0 Å². The lowest BCUT2D eigenvalue weighted by Gasteiger charge is -2.36. The van der Waals surface area contributed by atoms with Gasteiger partial charge in [0.15, 0.2) is 0 Å². The van der Waals surface area contributed by atoms with Crippen molar-refractivity contribution in [2.75, 3.05) is 0 Å². The molecule has 34 heavy (non-hydrogen) atoms. The molecular weight excluding hydrogens is 428 g/mol. The molecule has 7 nitrogen and oxygen atoms in total. The summed E-state index contributed by atoms with van der Waals surface area (Å²) in [7, 11) is 0. The molecule has 3 aromatic rings. The molecule has 178 valence electrons. The molecule has 0 bridgehead atoms. The Bertz CT molecular complexity index is 1310. The number of hydrogen-bond acceptors (Lipinski definition) is 7. The van der Waals surface area contributed by atoms with Gasteiger partial charge >= 0.3 is 5.97 Å². The van der Waals surface area contributed by atoms with Crippen molar-refractivity contribution in [3.63, 3.8) is 0 Å². The Hall–Kier alpha value is -3.06. The number of carbonyl (C=O) groups is 1. The number of ether oxygens (including phenoxy) is 2. The highest BCUT2D eigenvalue weighted by Gasteiger charge is 2.41. The zero-order chi connectivity index (χ0) is 24.5. The molecule has 2 N–H and O–H groups in total. The Morgan fingerprint density at radius 1 is 1.12 bits per heavy atom. The van der Waals surface area contributed by atoms with Crippen LogP contribution in [-0.2, 0) is 16.7 Å². The molecular formula is C27H32N4O3. The number of pyridine rings is 3. The quantitative estimate of drug-likeness (QED) is 0.546. The normalized spacial score (nSPS) is 20.6. The zero-order valence-corrected chi connectivity index (χ0v) is 20.7. The molecule has 0 spiro atoms. The van der Waals surface area contributed by atoms with Gasteiger partial charge in [-0.15, -0.1) is 0 Å². The van der Waals surface area contributed by atoms with E-state index in [9.17, 15) is 4.79 Å². The average molecular weight is 461 g/mol. The molecule has 2 aliphatic rings. The van der Waals surface area contributed by atoms with Gasteiger partial charge in [-0.3, -0.25) is 9.97 Å². The van der Waals surface area contributed by atoms with Crippen LogP contribution in [0.3, 0.4) is 0 Å². The average Bonchev–Trinajstić information content (AvgIpc) is 3.47. The fourth-order valence-corrected chi connectivity index (χ4v) is 4.37. The van der Waals surface area contributed by atoms with Crippen molar-refractivity contribution in [2.24, 2.45) is 5.73 Å². The number of cyclic esters (lactones) is 1. The van der Waals surface area contributed by atoms with Crippen LogP contribution in [0.25, 0.3) is 10.8 Å². The third-order valence-corrected chi connectivity index (χ3v) is 7.16. The second-order valence-electron chi connectivity index (χ2n) is 11.1. The number of carbonyl (C=O) groups excluding carboxylic acids is 1. The molecule has 0 saturated heterocycles. The highest BCUT2D eigenvalue weighted by molar-refractivity contribution is 5.92. The van der Waals surface area contributed by atoms with Crippen LogP contribution in [-0.4, -0.2) is 32.1 Å². The maximum atomic E-state index is 12.4. The van der Waals surface area contributed by atoms with Crippen molar-refractivity contribution < 1.29 is 14.3 Å². The zero-order valence-electron chi connectivity index (χ0n) is 20.7. The van der Waals surface area contributed by atoms with E-state index in [1.54, 1.807) is 0 Å².